The van der Waals surface area contributed by atoms with Crippen molar-refractivity contribution in [3.63, 3.8) is 0 Å². The zero-order valence-electron chi connectivity index (χ0n) is 10.9. The minimum atomic E-state index is 1.07. The van der Waals surface area contributed by atoms with Gasteiger partial charge in [0.15, 0.2) is 0 Å². The third-order valence-electron chi connectivity index (χ3n) is 2.37. The Kier molecular flexibility index (Phi) is 5.71. The molecule has 17 heavy (non-hydrogen) atoms. The number of rotatable bonds is 3. The Balaban J connectivity index is 0.000000686. The van der Waals surface area contributed by atoms with Crippen molar-refractivity contribution in [2.75, 3.05) is 0 Å². The summed E-state index contributed by atoms with van der Waals surface area (Å²) in [6, 6.07) is 8.51. The van der Waals surface area contributed by atoms with Crippen molar-refractivity contribution in [1.29, 1.82) is 0 Å². The van der Waals surface area contributed by atoms with Crippen molar-refractivity contribution >= 4 is 33.6 Å². The zero-order chi connectivity index (χ0) is 12.7. The smallest absolute Gasteiger partial charge is 0.0355 e. The lowest BCUT2D eigenvalue weighted by molar-refractivity contribution is 1.23. The van der Waals surface area contributed by atoms with E-state index in [1.807, 2.05) is 19.9 Å². The second kappa shape index (κ2) is 7.08. The Bertz CT molecular complexity index is 503. The highest BCUT2D eigenvalue weighted by Gasteiger charge is 2.05. The van der Waals surface area contributed by atoms with E-state index in [4.69, 9.17) is 0 Å². The van der Waals surface area contributed by atoms with Gasteiger partial charge in [-0.15, -0.1) is 11.3 Å². The van der Waals surface area contributed by atoms with Crippen LogP contribution in [-0.4, -0.2) is 0 Å². The second-order valence-corrected chi connectivity index (χ2v) is 4.47. The lowest BCUT2D eigenvalue weighted by Gasteiger charge is -1.93. The molecule has 0 spiro atoms. The molecule has 0 aliphatic rings. The molecule has 0 unspecified atom stereocenters. The molecule has 90 valence electrons. The molecule has 0 fully saturated rings. The molecule has 1 heteroatoms. The number of allylic oxidation sites excluding steroid dienone is 1. The van der Waals surface area contributed by atoms with E-state index < -0.39 is 0 Å². The summed E-state index contributed by atoms with van der Waals surface area (Å²) in [6.45, 7) is 10.0. The highest BCUT2D eigenvalue weighted by molar-refractivity contribution is 7.20. The van der Waals surface area contributed by atoms with Gasteiger partial charge in [0.1, 0.15) is 0 Å². The fourth-order valence-electron chi connectivity index (χ4n) is 1.64. The largest absolute Gasteiger partial charge is 0.135 e. The monoisotopic (exact) mass is 244 g/mol. The summed E-state index contributed by atoms with van der Waals surface area (Å²) >= 11 is 1.81. The van der Waals surface area contributed by atoms with E-state index >= 15 is 0 Å². The molecule has 1 heterocycles. The molecule has 0 bridgehead atoms. The molecular formula is C16H20S. The van der Waals surface area contributed by atoms with Crippen LogP contribution in [0.2, 0.25) is 0 Å². The van der Waals surface area contributed by atoms with Gasteiger partial charge >= 0.3 is 0 Å². The topological polar surface area (TPSA) is 0 Å². The molecule has 0 nitrogen and oxygen atoms in total. The van der Waals surface area contributed by atoms with Gasteiger partial charge in [0.25, 0.3) is 0 Å². The molecule has 0 aliphatic carbocycles. The Morgan fingerprint density at radius 3 is 2.59 bits per heavy atom. The molecule has 0 saturated carbocycles. The summed E-state index contributed by atoms with van der Waals surface area (Å²) in [7, 11) is 0. The Morgan fingerprint density at radius 1 is 1.24 bits per heavy atom. The summed E-state index contributed by atoms with van der Waals surface area (Å²) in [6.07, 6.45) is 7.41. The maximum Gasteiger partial charge on any atom is 0.0355 e. The first-order valence-electron chi connectivity index (χ1n) is 6.17. The van der Waals surface area contributed by atoms with Crippen LogP contribution in [-0.2, 0) is 0 Å². The molecule has 0 amide bonds. The zero-order valence-corrected chi connectivity index (χ0v) is 11.7. The molecule has 2 rings (SSSR count). The maximum atomic E-state index is 3.87. The van der Waals surface area contributed by atoms with Crippen LogP contribution in [0.3, 0.4) is 0 Å². The van der Waals surface area contributed by atoms with Gasteiger partial charge in [0.05, 0.1) is 0 Å². The molecule has 2 aromatic rings. The highest BCUT2D eigenvalue weighted by Crippen LogP contribution is 2.32. The van der Waals surface area contributed by atoms with Crippen molar-refractivity contribution in [2.45, 2.75) is 27.2 Å². The van der Waals surface area contributed by atoms with Gasteiger partial charge in [0, 0.05) is 15.0 Å². The van der Waals surface area contributed by atoms with Gasteiger partial charge in [-0.1, -0.05) is 63.8 Å². The molecule has 0 N–H and O–H groups in total. The van der Waals surface area contributed by atoms with Crippen molar-refractivity contribution in [1.82, 2.24) is 0 Å². The molecule has 1 aromatic heterocycles. The van der Waals surface area contributed by atoms with Crippen molar-refractivity contribution in [2.24, 2.45) is 0 Å². The molecule has 0 radical (unpaired) electrons. The minimum Gasteiger partial charge on any atom is -0.135 e. The van der Waals surface area contributed by atoms with Crippen LogP contribution >= 0.6 is 11.3 Å². The van der Waals surface area contributed by atoms with Gasteiger partial charge in [-0.3, -0.25) is 0 Å². The second-order valence-electron chi connectivity index (χ2n) is 3.39. The van der Waals surface area contributed by atoms with E-state index in [1.165, 1.54) is 20.5 Å². The van der Waals surface area contributed by atoms with Gasteiger partial charge in [-0.2, -0.15) is 0 Å². The Labute approximate surface area is 108 Å². The first-order valence-corrected chi connectivity index (χ1v) is 6.99. The first kappa shape index (κ1) is 13.7. The number of thiophene rings is 1. The third-order valence-corrected chi connectivity index (χ3v) is 3.55. The summed E-state index contributed by atoms with van der Waals surface area (Å²) in [5.41, 5.74) is 1.31. The quantitative estimate of drug-likeness (QED) is 0.621. The van der Waals surface area contributed by atoms with E-state index in [0.29, 0.717) is 0 Å². The van der Waals surface area contributed by atoms with Crippen LogP contribution in [0, 0.1) is 0 Å². The fourth-order valence-corrected chi connectivity index (χ4v) is 2.69. The van der Waals surface area contributed by atoms with Gasteiger partial charge < -0.3 is 0 Å². The summed E-state index contributed by atoms with van der Waals surface area (Å²) in [5.74, 6) is 0. The van der Waals surface area contributed by atoms with E-state index in [-0.39, 0.29) is 0 Å². The summed E-state index contributed by atoms with van der Waals surface area (Å²) in [5, 5.41) is 1.34. The molecule has 0 saturated heterocycles. The SMILES string of the molecule is C=Cc1sc2ccccc2c1/C=C\CC.CC. The van der Waals surface area contributed by atoms with E-state index in [9.17, 15) is 0 Å². The van der Waals surface area contributed by atoms with E-state index in [0.717, 1.165) is 6.42 Å². The predicted octanol–water partition coefficient (Wildman–Crippen LogP) is 5.99. The van der Waals surface area contributed by atoms with E-state index in [2.05, 4.69) is 49.9 Å². The van der Waals surface area contributed by atoms with Crippen LogP contribution in [0.1, 0.15) is 37.6 Å². The molecule has 0 atom stereocenters. The number of fused-ring (bicyclic) bond motifs is 1. The Morgan fingerprint density at radius 2 is 1.94 bits per heavy atom. The average molecular weight is 244 g/mol. The first-order chi connectivity index (χ1) is 8.36. The number of hydrogen-bond donors (Lipinski definition) is 0. The molecular weight excluding hydrogens is 224 g/mol. The van der Waals surface area contributed by atoms with E-state index in [1.54, 1.807) is 11.3 Å². The van der Waals surface area contributed by atoms with Crippen LogP contribution in [0.25, 0.3) is 22.2 Å². The van der Waals surface area contributed by atoms with Crippen LogP contribution in [0.5, 0.6) is 0 Å². The lowest BCUT2D eigenvalue weighted by atomic mass is 10.1. The Hall–Kier alpha value is -1.34. The fraction of sp³-hybridized carbons (Fsp3) is 0.250. The van der Waals surface area contributed by atoms with Crippen molar-refractivity contribution in [3.8, 4) is 0 Å². The highest BCUT2D eigenvalue weighted by atomic mass is 32.1. The van der Waals surface area contributed by atoms with Crippen molar-refractivity contribution in [3.05, 3.63) is 47.4 Å². The predicted molar refractivity (Wildman–Crippen MR) is 82.6 cm³/mol. The van der Waals surface area contributed by atoms with Crippen LogP contribution in [0.4, 0.5) is 0 Å². The third kappa shape index (κ3) is 3.07. The standard InChI is InChI=1S/C14H14S.C2H6/c1-3-5-8-11-12-9-6-7-10-14(12)15-13(11)4-2;1-2/h4-10H,2-3H2,1H3;1-2H3/b8-5-;. The normalized spacial score (nSPS) is 10.3. The van der Waals surface area contributed by atoms with Crippen molar-refractivity contribution < 1.29 is 0 Å². The summed E-state index contributed by atoms with van der Waals surface area (Å²) < 4.78 is 1.34. The van der Waals surface area contributed by atoms with Gasteiger partial charge in [-0.05, 0) is 18.1 Å². The lowest BCUT2D eigenvalue weighted by Crippen LogP contribution is -1.71. The van der Waals surface area contributed by atoms with Gasteiger partial charge in [-0.25, -0.2) is 0 Å². The number of benzene rings is 1. The van der Waals surface area contributed by atoms with Crippen LogP contribution in [0.15, 0.2) is 36.9 Å². The minimum absolute atomic E-state index is 1.07. The van der Waals surface area contributed by atoms with Gasteiger partial charge in [0.2, 0.25) is 0 Å². The maximum absolute atomic E-state index is 3.87. The van der Waals surface area contributed by atoms with Crippen LogP contribution < -0.4 is 0 Å². The molecule has 1 aromatic carbocycles. The average Bonchev–Trinajstić information content (AvgIpc) is 2.76. The molecule has 0 aliphatic heterocycles. The summed E-state index contributed by atoms with van der Waals surface area (Å²) in [4.78, 5) is 1.26. The number of hydrogen-bond acceptors (Lipinski definition) is 1.